The Kier molecular flexibility index (Phi) is 6.92. The van der Waals surface area contributed by atoms with E-state index < -0.39 is 29.6 Å². The van der Waals surface area contributed by atoms with Crippen LogP contribution in [0.25, 0.3) is 0 Å². The average Bonchev–Trinajstić information content (AvgIpc) is 2.71. The minimum Gasteiger partial charge on any atom is -0.366 e. The summed E-state index contributed by atoms with van der Waals surface area (Å²) in [5, 5.41) is 0.602. The Morgan fingerprint density at radius 3 is 2.52 bits per heavy atom. The highest BCUT2D eigenvalue weighted by molar-refractivity contribution is 6.30. The molecule has 1 fully saturated rings. The number of piperazine rings is 1. The highest BCUT2D eigenvalue weighted by Gasteiger charge is 2.41. The van der Waals surface area contributed by atoms with Crippen LogP contribution in [0.4, 0.5) is 10.2 Å². The van der Waals surface area contributed by atoms with E-state index in [0.717, 1.165) is 16.5 Å². The van der Waals surface area contributed by atoms with Crippen LogP contribution in [-0.2, 0) is 20.9 Å². The lowest BCUT2D eigenvalue weighted by molar-refractivity contribution is -0.144. The molecule has 1 aromatic carbocycles. The Morgan fingerprint density at radius 1 is 1.23 bits per heavy atom. The van der Waals surface area contributed by atoms with E-state index >= 15 is 0 Å². The van der Waals surface area contributed by atoms with Crippen LogP contribution in [0.3, 0.4) is 0 Å². The van der Waals surface area contributed by atoms with Crippen LogP contribution in [0.1, 0.15) is 18.4 Å². The predicted octanol–water partition coefficient (Wildman–Crippen LogP) is 3.09. The van der Waals surface area contributed by atoms with Crippen molar-refractivity contribution in [3.63, 3.8) is 0 Å². The van der Waals surface area contributed by atoms with E-state index in [1.54, 1.807) is 24.3 Å². The number of rotatable bonds is 7. The van der Waals surface area contributed by atoms with Gasteiger partial charge in [0.1, 0.15) is 12.6 Å². The smallest absolute Gasteiger partial charge is 0.251 e. The molecule has 1 atom stereocenters. The first-order valence-electron chi connectivity index (χ1n) is 9.31. The number of hydrogen-bond donors (Lipinski definition) is 1. The van der Waals surface area contributed by atoms with E-state index in [1.165, 1.54) is 11.1 Å². The first-order chi connectivity index (χ1) is 14.7. The summed E-state index contributed by atoms with van der Waals surface area (Å²) in [5.41, 5.74) is 6.12. The van der Waals surface area contributed by atoms with Crippen LogP contribution in [-0.4, -0.2) is 40.2 Å². The fourth-order valence-electron chi connectivity index (χ4n) is 3.27. The summed E-state index contributed by atoms with van der Waals surface area (Å²) < 4.78 is 14.4. The predicted molar refractivity (Wildman–Crippen MR) is 115 cm³/mol. The van der Waals surface area contributed by atoms with Crippen molar-refractivity contribution < 1.29 is 18.8 Å². The molecule has 0 bridgehead atoms. The minimum atomic E-state index is -0.968. The molecule has 2 N–H and O–H groups in total. The number of nitrogens with two attached hydrogens (primary N) is 1. The van der Waals surface area contributed by atoms with Crippen LogP contribution in [0.15, 0.2) is 48.7 Å². The normalized spacial score (nSPS) is 16.5. The summed E-state index contributed by atoms with van der Waals surface area (Å²) in [6.07, 6.45) is 1.38. The van der Waals surface area contributed by atoms with Crippen molar-refractivity contribution in [3.05, 3.63) is 70.1 Å². The van der Waals surface area contributed by atoms with Crippen molar-refractivity contribution >= 4 is 46.7 Å². The Labute approximate surface area is 188 Å². The molecule has 7 nitrogen and oxygen atoms in total. The molecule has 0 aliphatic carbocycles. The van der Waals surface area contributed by atoms with Gasteiger partial charge in [0.15, 0.2) is 11.6 Å². The Morgan fingerprint density at radius 2 is 1.90 bits per heavy atom. The SMILES string of the molecule is C=C(CCC1C(=O)N(c2ncc(Cl)cc2F)CC(=O)N1Cc1ccc(Cl)cc1)C(N)=O. The number of pyridine rings is 1. The van der Waals surface area contributed by atoms with Crippen molar-refractivity contribution in [3.8, 4) is 0 Å². The van der Waals surface area contributed by atoms with Gasteiger partial charge < -0.3 is 10.6 Å². The maximum atomic E-state index is 14.4. The molecule has 0 radical (unpaired) electrons. The largest absolute Gasteiger partial charge is 0.366 e. The van der Waals surface area contributed by atoms with E-state index in [-0.39, 0.29) is 42.3 Å². The lowest BCUT2D eigenvalue weighted by Crippen LogP contribution is -2.60. The molecule has 1 saturated heterocycles. The molecule has 10 heteroatoms. The van der Waals surface area contributed by atoms with Crippen LogP contribution < -0.4 is 10.6 Å². The van der Waals surface area contributed by atoms with Gasteiger partial charge in [0.2, 0.25) is 11.8 Å². The van der Waals surface area contributed by atoms with Gasteiger partial charge in [-0.2, -0.15) is 0 Å². The second-order valence-electron chi connectivity index (χ2n) is 7.05. The monoisotopic (exact) mass is 464 g/mol. The molecule has 0 saturated carbocycles. The number of carbonyl (C=O) groups is 3. The van der Waals surface area contributed by atoms with Gasteiger partial charge in [-0.15, -0.1) is 0 Å². The molecular formula is C21H19Cl2FN4O3. The molecule has 1 aliphatic heterocycles. The van der Waals surface area contributed by atoms with Gasteiger partial charge in [-0.3, -0.25) is 19.3 Å². The van der Waals surface area contributed by atoms with Gasteiger partial charge in [-0.1, -0.05) is 41.9 Å². The molecule has 162 valence electrons. The van der Waals surface area contributed by atoms with E-state index in [4.69, 9.17) is 28.9 Å². The third kappa shape index (κ3) is 5.21. The molecule has 1 aromatic heterocycles. The Bertz CT molecular complexity index is 1050. The summed E-state index contributed by atoms with van der Waals surface area (Å²) in [4.78, 5) is 43.9. The van der Waals surface area contributed by atoms with Crippen LogP contribution in [0.5, 0.6) is 0 Å². The number of halogens is 3. The molecule has 1 unspecified atom stereocenters. The van der Waals surface area contributed by atoms with E-state index in [0.29, 0.717) is 5.02 Å². The molecule has 3 rings (SSSR count). The molecule has 2 aromatic rings. The average molecular weight is 465 g/mol. The Balaban J connectivity index is 1.91. The number of nitrogens with zero attached hydrogens (tertiary/aromatic N) is 3. The quantitative estimate of drug-likeness (QED) is 0.636. The third-order valence-corrected chi connectivity index (χ3v) is 5.38. The zero-order chi connectivity index (χ0) is 22.7. The molecule has 0 spiro atoms. The second kappa shape index (κ2) is 9.45. The molecule has 2 heterocycles. The lowest BCUT2D eigenvalue weighted by Gasteiger charge is -2.40. The van der Waals surface area contributed by atoms with Gasteiger partial charge in [-0.05, 0) is 36.6 Å². The standard InChI is InChI=1S/C21H19Cl2FN4O3/c1-12(19(25)30)2-7-17-21(31)28(20-16(24)8-15(23)9-26-20)11-18(29)27(17)10-13-3-5-14(22)6-4-13/h3-6,8-9,17H,1-2,7,10-11H2,(H2,25,30). The van der Waals surface area contributed by atoms with Crippen molar-refractivity contribution in [2.75, 3.05) is 11.4 Å². The van der Waals surface area contributed by atoms with Crippen molar-refractivity contribution in [1.29, 1.82) is 0 Å². The summed E-state index contributed by atoms with van der Waals surface area (Å²) >= 11 is 11.7. The second-order valence-corrected chi connectivity index (χ2v) is 7.93. The number of primary amides is 1. The van der Waals surface area contributed by atoms with Crippen molar-refractivity contribution in [1.82, 2.24) is 9.88 Å². The highest BCUT2D eigenvalue weighted by Crippen LogP contribution is 2.27. The fraction of sp³-hybridized carbons (Fsp3) is 0.238. The van der Waals surface area contributed by atoms with Gasteiger partial charge in [-0.25, -0.2) is 9.37 Å². The number of hydrogen-bond acceptors (Lipinski definition) is 4. The summed E-state index contributed by atoms with van der Waals surface area (Å²) in [6, 6.07) is 6.89. The van der Waals surface area contributed by atoms with E-state index in [1.807, 2.05) is 0 Å². The van der Waals surface area contributed by atoms with Gasteiger partial charge >= 0.3 is 0 Å². The number of amides is 3. The fourth-order valence-corrected chi connectivity index (χ4v) is 3.55. The highest BCUT2D eigenvalue weighted by atomic mass is 35.5. The van der Waals surface area contributed by atoms with Gasteiger partial charge in [0, 0.05) is 23.3 Å². The number of anilines is 1. The third-order valence-electron chi connectivity index (χ3n) is 4.92. The summed E-state index contributed by atoms with van der Waals surface area (Å²) in [7, 11) is 0. The van der Waals surface area contributed by atoms with E-state index in [2.05, 4.69) is 11.6 Å². The number of aromatic nitrogens is 1. The zero-order valence-corrected chi connectivity index (χ0v) is 17.9. The topological polar surface area (TPSA) is 96.6 Å². The summed E-state index contributed by atoms with van der Waals surface area (Å²) in [5.74, 6) is -2.73. The molecule has 31 heavy (non-hydrogen) atoms. The first kappa shape index (κ1) is 22.7. The molecule has 1 aliphatic rings. The van der Waals surface area contributed by atoms with Crippen LogP contribution in [0.2, 0.25) is 10.0 Å². The maximum absolute atomic E-state index is 14.4. The maximum Gasteiger partial charge on any atom is 0.251 e. The van der Waals surface area contributed by atoms with Gasteiger partial charge in [0.25, 0.3) is 5.91 Å². The first-order valence-corrected chi connectivity index (χ1v) is 10.1. The van der Waals surface area contributed by atoms with Gasteiger partial charge in [0.05, 0.1) is 5.02 Å². The molecule has 3 amide bonds. The lowest BCUT2D eigenvalue weighted by atomic mass is 10.00. The van der Waals surface area contributed by atoms with Crippen LogP contribution >= 0.6 is 23.2 Å². The van der Waals surface area contributed by atoms with E-state index in [9.17, 15) is 18.8 Å². The Hall–Kier alpha value is -2.97. The zero-order valence-electron chi connectivity index (χ0n) is 16.4. The number of carbonyl (C=O) groups excluding carboxylic acids is 3. The molecular weight excluding hydrogens is 446 g/mol. The van der Waals surface area contributed by atoms with Crippen molar-refractivity contribution in [2.24, 2.45) is 5.73 Å². The summed E-state index contributed by atoms with van der Waals surface area (Å²) in [6.45, 7) is 3.35. The van der Waals surface area contributed by atoms with Crippen molar-refractivity contribution in [2.45, 2.75) is 25.4 Å². The van der Waals surface area contributed by atoms with Crippen LogP contribution in [0, 0.1) is 5.82 Å². The number of benzene rings is 1. The minimum absolute atomic E-state index is 0.0655.